The highest BCUT2D eigenvalue weighted by Gasteiger charge is 2.32. The molecule has 1 aromatic rings. The fraction of sp³-hybridized carbons (Fsp3) is 0.364. The molecule has 1 aromatic heterocycles. The monoisotopic (exact) mass is 249 g/mol. The predicted molar refractivity (Wildman–Crippen MR) is 68.0 cm³/mol. The standard InChI is InChI=1S/C11H16BN3O3/c1-3-4-7-18-11-10-13-5-6-15(10)8-9(12(16)17)14(11)2/h3,5-6,8,11,16-17H,1,4,7H2,2H3. The lowest BCUT2D eigenvalue weighted by atomic mass is 9.84. The molecule has 18 heavy (non-hydrogen) atoms. The molecule has 7 heteroatoms. The van der Waals surface area contributed by atoms with Crippen LogP contribution in [0.4, 0.5) is 0 Å². The molecule has 1 unspecified atom stereocenters. The third kappa shape index (κ3) is 2.33. The van der Waals surface area contributed by atoms with E-state index >= 15 is 0 Å². The van der Waals surface area contributed by atoms with Crippen LogP contribution in [0.1, 0.15) is 18.5 Å². The second-order valence-corrected chi connectivity index (χ2v) is 4.03. The number of hydrogen-bond acceptors (Lipinski definition) is 5. The van der Waals surface area contributed by atoms with Crippen molar-refractivity contribution in [1.82, 2.24) is 14.5 Å². The Morgan fingerprint density at radius 1 is 1.61 bits per heavy atom. The minimum absolute atomic E-state index is 0.365. The molecule has 1 atom stereocenters. The van der Waals surface area contributed by atoms with E-state index in [-0.39, 0.29) is 0 Å². The zero-order valence-electron chi connectivity index (χ0n) is 10.2. The summed E-state index contributed by atoms with van der Waals surface area (Å²) in [5.41, 5.74) is 0.365. The van der Waals surface area contributed by atoms with E-state index in [0.717, 1.165) is 6.42 Å². The van der Waals surface area contributed by atoms with Gasteiger partial charge in [-0.15, -0.1) is 6.58 Å². The van der Waals surface area contributed by atoms with Crippen molar-refractivity contribution >= 4 is 13.3 Å². The zero-order valence-corrected chi connectivity index (χ0v) is 10.2. The highest BCUT2D eigenvalue weighted by Crippen LogP contribution is 2.28. The van der Waals surface area contributed by atoms with Gasteiger partial charge in [0.2, 0.25) is 0 Å². The fourth-order valence-electron chi connectivity index (χ4n) is 1.87. The first-order valence-electron chi connectivity index (χ1n) is 5.71. The largest absolute Gasteiger partial charge is 0.507 e. The maximum Gasteiger partial charge on any atom is 0.507 e. The van der Waals surface area contributed by atoms with Crippen molar-refractivity contribution in [3.8, 4) is 0 Å². The topological polar surface area (TPSA) is 70.8 Å². The van der Waals surface area contributed by atoms with Crippen LogP contribution in [0.5, 0.6) is 0 Å². The maximum atomic E-state index is 9.34. The first-order valence-corrected chi connectivity index (χ1v) is 5.71. The van der Waals surface area contributed by atoms with E-state index in [1.165, 1.54) is 0 Å². The van der Waals surface area contributed by atoms with E-state index in [2.05, 4.69) is 11.6 Å². The molecule has 1 aliphatic heterocycles. The smallest absolute Gasteiger partial charge is 0.422 e. The molecule has 0 aromatic carbocycles. The van der Waals surface area contributed by atoms with Crippen LogP contribution in [0.3, 0.4) is 0 Å². The predicted octanol–water partition coefficient (Wildman–Crippen LogP) is 0.230. The number of aromatic nitrogens is 2. The third-order valence-corrected chi connectivity index (χ3v) is 2.81. The van der Waals surface area contributed by atoms with Gasteiger partial charge in [0.15, 0.2) is 12.1 Å². The summed E-state index contributed by atoms with van der Waals surface area (Å²) in [6.07, 6.45) is 7.09. The molecule has 0 radical (unpaired) electrons. The van der Waals surface area contributed by atoms with E-state index < -0.39 is 13.3 Å². The normalized spacial score (nSPS) is 18.3. The molecular weight excluding hydrogens is 233 g/mol. The van der Waals surface area contributed by atoms with Crippen LogP contribution in [0.25, 0.3) is 6.20 Å². The molecule has 1 aliphatic rings. The Balaban J connectivity index is 2.24. The molecule has 2 N–H and O–H groups in total. The highest BCUT2D eigenvalue weighted by atomic mass is 16.5. The SMILES string of the molecule is C=CCCOC1c2nccn2C=C(B(O)O)N1C. The average Bonchev–Trinajstić information content (AvgIpc) is 2.79. The molecule has 0 saturated carbocycles. The van der Waals surface area contributed by atoms with Gasteiger partial charge in [-0.25, -0.2) is 4.98 Å². The molecule has 0 amide bonds. The molecule has 0 fully saturated rings. The zero-order chi connectivity index (χ0) is 13.1. The Kier molecular flexibility index (Phi) is 3.85. The number of rotatable bonds is 5. The van der Waals surface area contributed by atoms with Gasteiger partial charge >= 0.3 is 7.12 Å². The maximum absolute atomic E-state index is 9.34. The van der Waals surface area contributed by atoms with Gasteiger partial charge in [0.1, 0.15) is 0 Å². The molecule has 0 aliphatic carbocycles. The van der Waals surface area contributed by atoms with Crippen molar-refractivity contribution in [2.75, 3.05) is 13.7 Å². The van der Waals surface area contributed by atoms with Crippen LogP contribution in [0.2, 0.25) is 0 Å². The average molecular weight is 249 g/mol. The molecule has 2 heterocycles. The quantitative estimate of drug-likeness (QED) is 0.444. The summed E-state index contributed by atoms with van der Waals surface area (Å²) in [6, 6.07) is 0. The number of fused-ring (bicyclic) bond motifs is 1. The summed E-state index contributed by atoms with van der Waals surface area (Å²) in [6.45, 7) is 4.13. The molecule has 0 spiro atoms. The Labute approximate surface area is 106 Å². The van der Waals surface area contributed by atoms with E-state index in [0.29, 0.717) is 18.0 Å². The summed E-state index contributed by atoms with van der Waals surface area (Å²) in [7, 11) is 0.193. The van der Waals surface area contributed by atoms with Gasteiger partial charge in [0.25, 0.3) is 0 Å². The fourth-order valence-corrected chi connectivity index (χ4v) is 1.87. The Hall–Kier alpha value is -1.57. The summed E-state index contributed by atoms with van der Waals surface area (Å²) in [5.74, 6) is 0.714. The van der Waals surface area contributed by atoms with E-state index in [4.69, 9.17) is 4.74 Å². The van der Waals surface area contributed by atoms with E-state index in [1.807, 2.05) is 0 Å². The minimum atomic E-state index is -1.55. The van der Waals surface area contributed by atoms with Crippen LogP contribution in [0, 0.1) is 0 Å². The van der Waals surface area contributed by atoms with Crippen molar-refractivity contribution < 1.29 is 14.8 Å². The van der Waals surface area contributed by atoms with Crippen molar-refractivity contribution in [3.63, 3.8) is 0 Å². The van der Waals surface area contributed by atoms with Gasteiger partial charge < -0.3 is 24.3 Å². The van der Waals surface area contributed by atoms with Crippen LogP contribution < -0.4 is 0 Å². The number of ether oxygens (including phenoxy) is 1. The van der Waals surface area contributed by atoms with Gasteiger partial charge in [-0.05, 0) is 6.42 Å². The number of nitrogens with zero attached hydrogens (tertiary/aromatic N) is 3. The molecule has 96 valence electrons. The van der Waals surface area contributed by atoms with Gasteiger partial charge in [-0.2, -0.15) is 0 Å². The molecule has 0 saturated heterocycles. The van der Waals surface area contributed by atoms with Crippen molar-refractivity contribution in [2.45, 2.75) is 12.6 Å². The lowest BCUT2D eigenvalue weighted by Crippen LogP contribution is -2.38. The summed E-state index contributed by atoms with van der Waals surface area (Å²) in [5, 5.41) is 18.7. The summed E-state index contributed by atoms with van der Waals surface area (Å²) in [4.78, 5) is 5.89. The Bertz CT molecular complexity index is 458. The van der Waals surface area contributed by atoms with Crippen molar-refractivity contribution in [1.29, 1.82) is 0 Å². The lowest BCUT2D eigenvalue weighted by molar-refractivity contribution is -0.0396. The molecule has 6 nitrogen and oxygen atoms in total. The van der Waals surface area contributed by atoms with E-state index in [9.17, 15) is 10.0 Å². The third-order valence-electron chi connectivity index (χ3n) is 2.81. The first-order chi connectivity index (χ1) is 8.65. The Morgan fingerprint density at radius 2 is 2.39 bits per heavy atom. The van der Waals surface area contributed by atoms with Crippen molar-refractivity contribution in [2.24, 2.45) is 0 Å². The molecule has 0 bridgehead atoms. The lowest BCUT2D eigenvalue weighted by Gasteiger charge is -2.34. The van der Waals surface area contributed by atoms with Crippen LogP contribution in [0.15, 0.2) is 30.6 Å². The van der Waals surface area contributed by atoms with E-state index in [1.54, 1.807) is 41.2 Å². The molecular formula is C11H16BN3O3. The van der Waals surface area contributed by atoms with Gasteiger partial charge in [0, 0.05) is 25.6 Å². The second kappa shape index (κ2) is 5.39. The highest BCUT2D eigenvalue weighted by molar-refractivity contribution is 6.51. The van der Waals surface area contributed by atoms with Gasteiger partial charge in [-0.3, -0.25) is 0 Å². The van der Waals surface area contributed by atoms with Crippen molar-refractivity contribution in [3.05, 3.63) is 36.5 Å². The Morgan fingerprint density at radius 3 is 3.06 bits per heavy atom. The van der Waals surface area contributed by atoms with Crippen LogP contribution in [-0.2, 0) is 4.74 Å². The second-order valence-electron chi connectivity index (χ2n) is 4.03. The van der Waals surface area contributed by atoms with Crippen LogP contribution >= 0.6 is 0 Å². The minimum Gasteiger partial charge on any atom is -0.422 e. The first kappa shape index (κ1) is 12.9. The summed E-state index contributed by atoms with van der Waals surface area (Å²) >= 11 is 0. The van der Waals surface area contributed by atoms with Gasteiger partial charge in [0.05, 0.1) is 12.2 Å². The molecule has 2 rings (SSSR count). The van der Waals surface area contributed by atoms with Gasteiger partial charge in [-0.1, -0.05) is 6.08 Å². The summed E-state index contributed by atoms with van der Waals surface area (Å²) < 4.78 is 7.44. The van der Waals surface area contributed by atoms with Crippen LogP contribution in [-0.4, -0.2) is 45.3 Å². The number of imidazole rings is 1. The number of hydrogen-bond donors (Lipinski definition) is 2.